The van der Waals surface area contributed by atoms with Gasteiger partial charge in [0.05, 0.1) is 17.9 Å². The molecule has 2 heterocycles. The number of hydrogen-bond acceptors (Lipinski definition) is 6. The van der Waals surface area contributed by atoms with Gasteiger partial charge in [0, 0.05) is 28.6 Å². The van der Waals surface area contributed by atoms with Crippen molar-refractivity contribution in [2.24, 2.45) is 0 Å². The summed E-state index contributed by atoms with van der Waals surface area (Å²) in [7, 11) is 0. The number of nitrogens with zero attached hydrogens (tertiary/aromatic N) is 1. The molecule has 0 fully saturated rings. The maximum absolute atomic E-state index is 13.5. The molecule has 0 amide bonds. The van der Waals surface area contributed by atoms with Crippen LogP contribution in [0.5, 0.6) is 11.5 Å². The number of allylic oxidation sites excluding steroid dienone is 2. The molecule has 2 aliphatic rings. The summed E-state index contributed by atoms with van der Waals surface area (Å²) in [4.78, 5) is 13.5. The first-order chi connectivity index (χ1) is 15.5. The predicted octanol–water partition coefficient (Wildman–Crippen LogP) is 5.70. The van der Waals surface area contributed by atoms with Gasteiger partial charge in [0.1, 0.15) is 0 Å². The summed E-state index contributed by atoms with van der Waals surface area (Å²) >= 11 is 6.05. The maximum Gasteiger partial charge on any atom is 0.233 e. The fraction of sp³-hybridized carbons (Fsp3) is 0.280. The summed E-state index contributed by atoms with van der Waals surface area (Å²) in [6, 6.07) is 12.9. The summed E-state index contributed by atoms with van der Waals surface area (Å²) in [6.45, 7) is 4.16. The Kier molecular flexibility index (Phi) is 5.18. The molecular weight excluding hydrogens is 428 g/mol. The van der Waals surface area contributed by atoms with E-state index < -0.39 is 0 Å². The van der Waals surface area contributed by atoms with Gasteiger partial charge in [0.25, 0.3) is 0 Å². The van der Waals surface area contributed by atoms with E-state index in [1.165, 1.54) is 0 Å². The van der Waals surface area contributed by atoms with E-state index in [-0.39, 0.29) is 23.4 Å². The van der Waals surface area contributed by atoms with E-state index in [1.54, 1.807) is 12.1 Å². The molecule has 1 aliphatic carbocycles. The number of aromatic hydroxyl groups is 1. The van der Waals surface area contributed by atoms with E-state index in [4.69, 9.17) is 20.9 Å². The largest absolute Gasteiger partial charge is 0.504 e. The Hall–Kier alpha value is -3.25. The number of Topliss-reactive ketones (excluding diaryl/α,β-unsaturated/α-hetero) is 1. The van der Waals surface area contributed by atoms with E-state index >= 15 is 0 Å². The van der Waals surface area contributed by atoms with Crippen molar-refractivity contribution in [2.75, 3.05) is 11.9 Å². The van der Waals surface area contributed by atoms with E-state index in [0.29, 0.717) is 36.1 Å². The lowest BCUT2D eigenvalue weighted by Gasteiger charge is -2.34. The Balaban J connectivity index is 1.61. The number of phenols is 1. The number of nitrogens with one attached hydrogen (secondary N) is 1. The highest BCUT2D eigenvalue weighted by molar-refractivity contribution is 6.30. The number of hydrogen-bond donors (Lipinski definition) is 2. The van der Waals surface area contributed by atoms with Crippen LogP contribution in [0.3, 0.4) is 0 Å². The van der Waals surface area contributed by atoms with E-state index in [2.05, 4.69) is 10.5 Å². The number of benzene rings is 2. The van der Waals surface area contributed by atoms with Gasteiger partial charge in [0.15, 0.2) is 17.3 Å². The molecule has 0 spiro atoms. The third-order valence-electron chi connectivity index (χ3n) is 6.22. The Bertz CT molecular complexity index is 1230. The molecule has 2 N–H and O–H groups in total. The van der Waals surface area contributed by atoms with Gasteiger partial charge in [-0.25, -0.2) is 0 Å². The number of carbonyl (C=O) groups is 1. The third kappa shape index (κ3) is 3.45. The average molecular weight is 451 g/mol. The Morgan fingerprint density at radius 2 is 1.94 bits per heavy atom. The number of rotatable bonds is 4. The summed E-state index contributed by atoms with van der Waals surface area (Å²) < 4.78 is 11.2. The van der Waals surface area contributed by atoms with Crippen molar-refractivity contribution in [2.45, 2.75) is 38.5 Å². The van der Waals surface area contributed by atoms with Crippen LogP contribution in [0.15, 0.2) is 58.3 Å². The first-order valence-corrected chi connectivity index (χ1v) is 11.0. The lowest BCUT2D eigenvalue weighted by molar-refractivity contribution is -0.116. The molecular formula is C25H23ClN2O4. The fourth-order valence-corrected chi connectivity index (χ4v) is 4.88. The number of aromatic nitrogens is 1. The van der Waals surface area contributed by atoms with Crippen LogP contribution in [-0.2, 0) is 4.79 Å². The highest BCUT2D eigenvalue weighted by Gasteiger charge is 2.41. The number of halogens is 1. The zero-order valence-electron chi connectivity index (χ0n) is 17.8. The van der Waals surface area contributed by atoms with E-state index in [9.17, 15) is 9.90 Å². The minimum atomic E-state index is -0.342. The van der Waals surface area contributed by atoms with Crippen molar-refractivity contribution in [3.05, 3.63) is 81.1 Å². The molecule has 0 unspecified atom stereocenters. The van der Waals surface area contributed by atoms with Crippen LogP contribution in [0.4, 0.5) is 5.88 Å². The summed E-state index contributed by atoms with van der Waals surface area (Å²) in [5, 5.41) is 18.3. The number of aryl methyl sites for hydroxylation is 1. The molecule has 6 nitrogen and oxygen atoms in total. The van der Waals surface area contributed by atoms with Gasteiger partial charge in [-0.05, 0) is 61.6 Å². The zero-order valence-corrected chi connectivity index (χ0v) is 18.6. The first kappa shape index (κ1) is 20.6. The number of ether oxygens (including phenoxy) is 1. The Morgan fingerprint density at radius 1 is 1.19 bits per heavy atom. The average Bonchev–Trinajstić information content (AvgIpc) is 3.15. The van der Waals surface area contributed by atoms with Gasteiger partial charge in [-0.1, -0.05) is 35.0 Å². The predicted molar refractivity (Wildman–Crippen MR) is 121 cm³/mol. The van der Waals surface area contributed by atoms with Crippen molar-refractivity contribution in [3.8, 4) is 11.5 Å². The van der Waals surface area contributed by atoms with Gasteiger partial charge in [0.2, 0.25) is 5.88 Å². The van der Waals surface area contributed by atoms with E-state index in [1.807, 2.05) is 44.2 Å². The lowest BCUT2D eigenvalue weighted by Crippen LogP contribution is -2.29. The number of fused-ring (bicyclic) bond motifs is 1. The molecule has 2 aromatic carbocycles. The van der Waals surface area contributed by atoms with Crippen LogP contribution in [0.2, 0.25) is 5.02 Å². The van der Waals surface area contributed by atoms with Crippen LogP contribution in [-0.4, -0.2) is 22.7 Å². The van der Waals surface area contributed by atoms with Crippen molar-refractivity contribution in [1.82, 2.24) is 5.16 Å². The number of ketones is 1. The molecule has 32 heavy (non-hydrogen) atoms. The van der Waals surface area contributed by atoms with Crippen LogP contribution in [0, 0.1) is 6.92 Å². The molecule has 0 saturated heterocycles. The molecule has 7 heteroatoms. The monoisotopic (exact) mass is 450 g/mol. The molecule has 2 atom stereocenters. The summed E-state index contributed by atoms with van der Waals surface area (Å²) in [5.74, 6) is 0.812. The van der Waals surface area contributed by atoms with Gasteiger partial charge in [-0.2, -0.15) is 0 Å². The van der Waals surface area contributed by atoms with Gasteiger partial charge in [-0.15, -0.1) is 0 Å². The van der Waals surface area contributed by atoms with Crippen molar-refractivity contribution in [1.29, 1.82) is 0 Å². The lowest BCUT2D eigenvalue weighted by atomic mass is 9.72. The molecule has 3 aromatic rings. The van der Waals surface area contributed by atoms with Crippen LogP contribution < -0.4 is 10.1 Å². The zero-order chi connectivity index (χ0) is 22.4. The fourth-order valence-electron chi connectivity index (χ4n) is 4.76. The minimum Gasteiger partial charge on any atom is -0.504 e. The van der Waals surface area contributed by atoms with Crippen molar-refractivity contribution < 1.29 is 19.2 Å². The minimum absolute atomic E-state index is 0.0519. The highest BCUT2D eigenvalue weighted by atomic mass is 35.5. The molecule has 0 saturated carbocycles. The van der Waals surface area contributed by atoms with Gasteiger partial charge < -0.3 is 19.7 Å². The molecule has 5 rings (SSSR count). The number of anilines is 1. The van der Waals surface area contributed by atoms with Crippen LogP contribution in [0.25, 0.3) is 0 Å². The SMILES string of the molecule is CCOc1cc([C@@H]2C3=C(C[C@@H](c4ccc(Cl)cc4)CC3=O)Nc3onc(C)c32)ccc1O. The summed E-state index contributed by atoms with van der Waals surface area (Å²) in [6.07, 6.45) is 1.09. The second-order valence-electron chi connectivity index (χ2n) is 8.20. The summed E-state index contributed by atoms with van der Waals surface area (Å²) in [5.41, 5.74) is 5.07. The smallest absolute Gasteiger partial charge is 0.233 e. The molecule has 1 aliphatic heterocycles. The standard InChI is InChI=1S/C25H23ClN2O4/c1-3-31-21-12-15(6-9-19(21)29)23-22-13(2)28-32-25(22)27-18-10-16(11-20(30)24(18)23)14-4-7-17(26)8-5-14/h4-9,12,16,23,27,29H,3,10-11H2,1-2H3/t16-,23+/m1/s1. The normalized spacial score (nSPS) is 19.9. The highest BCUT2D eigenvalue weighted by Crippen LogP contribution is 2.49. The molecule has 0 radical (unpaired) electrons. The van der Waals surface area contributed by atoms with Crippen molar-refractivity contribution in [3.63, 3.8) is 0 Å². The van der Waals surface area contributed by atoms with Gasteiger partial charge >= 0.3 is 0 Å². The second kappa shape index (κ2) is 8.02. The van der Waals surface area contributed by atoms with Crippen LogP contribution >= 0.6 is 11.6 Å². The number of carbonyl (C=O) groups excluding carboxylic acids is 1. The number of phenolic OH excluding ortho intramolecular Hbond substituents is 1. The maximum atomic E-state index is 13.5. The quantitative estimate of drug-likeness (QED) is 0.530. The van der Waals surface area contributed by atoms with Gasteiger partial charge in [-0.3, -0.25) is 4.79 Å². The molecule has 0 bridgehead atoms. The van der Waals surface area contributed by atoms with E-state index in [0.717, 1.165) is 33.7 Å². The molecule has 1 aromatic heterocycles. The third-order valence-corrected chi connectivity index (χ3v) is 6.47. The topological polar surface area (TPSA) is 84.6 Å². The molecule has 164 valence electrons. The Labute approximate surface area is 190 Å². The Morgan fingerprint density at radius 3 is 2.69 bits per heavy atom. The second-order valence-corrected chi connectivity index (χ2v) is 8.64. The van der Waals surface area contributed by atoms with Crippen molar-refractivity contribution >= 4 is 23.3 Å². The first-order valence-electron chi connectivity index (χ1n) is 10.7. The van der Waals surface area contributed by atoms with Crippen LogP contribution in [0.1, 0.15) is 54.0 Å².